The molecule has 0 aliphatic heterocycles. The summed E-state index contributed by atoms with van der Waals surface area (Å²) in [5.41, 5.74) is 5.86. The van der Waals surface area contributed by atoms with Crippen LogP contribution in [0.1, 0.15) is 12.8 Å². The zero-order valence-electron chi connectivity index (χ0n) is 12.8. The van der Waals surface area contributed by atoms with Crippen LogP contribution < -0.4 is 10.0 Å². The van der Waals surface area contributed by atoms with E-state index < -0.39 is 10.0 Å². The molecule has 0 spiro atoms. The standard InChI is InChI=1S/C16H17Cl3N2O2S/c17-12-3-6-14(7-4-12)24(22,23)21(10-2-1-9-20)16-11-13(18)5-8-15(16)19/h3-8,11H,1-2,9-10,20H2. The third kappa shape index (κ3) is 4.55. The Bertz CT molecular complexity index is 795. The first-order valence-electron chi connectivity index (χ1n) is 7.29. The second-order valence-electron chi connectivity index (χ2n) is 5.12. The van der Waals surface area contributed by atoms with Gasteiger partial charge < -0.3 is 5.73 Å². The van der Waals surface area contributed by atoms with Gasteiger partial charge in [0.25, 0.3) is 10.0 Å². The summed E-state index contributed by atoms with van der Waals surface area (Å²) in [7, 11) is -3.80. The van der Waals surface area contributed by atoms with E-state index in [-0.39, 0.29) is 11.4 Å². The molecule has 0 saturated heterocycles. The first-order valence-corrected chi connectivity index (χ1v) is 9.87. The molecule has 8 heteroatoms. The average molecular weight is 408 g/mol. The van der Waals surface area contributed by atoms with E-state index in [1.165, 1.54) is 28.6 Å². The molecule has 0 unspecified atom stereocenters. The summed E-state index contributed by atoms with van der Waals surface area (Å²) < 4.78 is 27.4. The van der Waals surface area contributed by atoms with Crippen LogP contribution in [0.15, 0.2) is 47.4 Å². The van der Waals surface area contributed by atoms with E-state index in [0.717, 1.165) is 0 Å². The van der Waals surface area contributed by atoms with Gasteiger partial charge in [-0.1, -0.05) is 34.8 Å². The smallest absolute Gasteiger partial charge is 0.264 e. The molecule has 0 fully saturated rings. The average Bonchev–Trinajstić information content (AvgIpc) is 2.54. The number of halogens is 3. The highest BCUT2D eigenvalue weighted by Gasteiger charge is 2.26. The van der Waals surface area contributed by atoms with Gasteiger partial charge in [-0.15, -0.1) is 0 Å². The number of anilines is 1. The molecule has 4 nitrogen and oxygen atoms in total. The van der Waals surface area contributed by atoms with E-state index >= 15 is 0 Å². The Hall–Kier alpha value is -0.980. The number of benzene rings is 2. The molecule has 0 aliphatic carbocycles. The highest BCUT2D eigenvalue weighted by molar-refractivity contribution is 7.92. The van der Waals surface area contributed by atoms with Crippen molar-refractivity contribution in [3.63, 3.8) is 0 Å². The minimum absolute atomic E-state index is 0.135. The van der Waals surface area contributed by atoms with Crippen LogP contribution in [-0.2, 0) is 10.0 Å². The summed E-state index contributed by atoms with van der Waals surface area (Å²) in [4.78, 5) is 0.135. The molecule has 0 bridgehead atoms. The topological polar surface area (TPSA) is 63.4 Å². The molecule has 0 radical (unpaired) electrons. The third-order valence-electron chi connectivity index (χ3n) is 3.39. The highest BCUT2D eigenvalue weighted by Crippen LogP contribution is 2.33. The molecular weight excluding hydrogens is 391 g/mol. The van der Waals surface area contributed by atoms with Gasteiger partial charge in [0.15, 0.2) is 0 Å². The number of hydrogen-bond acceptors (Lipinski definition) is 3. The van der Waals surface area contributed by atoms with Gasteiger partial charge >= 0.3 is 0 Å². The lowest BCUT2D eigenvalue weighted by Gasteiger charge is -2.25. The van der Waals surface area contributed by atoms with Crippen LogP contribution in [0, 0.1) is 0 Å². The number of nitrogens with zero attached hydrogens (tertiary/aromatic N) is 1. The minimum Gasteiger partial charge on any atom is -0.330 e. The maximum absolute atomic E-state index is 13.1. The fourth-order valence-electron chi connectivity index (χ4n) is 2.18. The molecule has 0 atom stereocenters. The second-order valence-corrected chi connectivity index (χ2v) is 8.26. The van der Waals surface area contributed by atoms with Crippen molar-refractivity contribution in [1.82, 2.24) is 0 Å². The molecule has 130 valence electrons. The molecule has 0 amide bonds. The van der Waals surface area contributed by atoms with Crippen LogP contribution in [0.5, 0.6) is 0 Å². The summed E-state index contributed by atoms with van der Waals surface area (Å²) in [5, 5.41) is 1.18. The minimum atomic E-state index is -3.80. The van der Waals surface area contributed by atoms with E-state index in [4.69, 9.17) is 40.5 Å². The number of hydrogen-bond donors (Lipinski definition) is 1. The fourth-order valence-corrected chi connectivity index (χ4v) is 4.26. The van der Waals surface area contributed by atoms with Gasteiger partial charge in [-0.05, 0) is 61.9 Å². The molecule has 2 N–H and O–H groups in total. The van der Waals surface area contributed by atoms with Crippen molar-refractivity contribution in [2.75, 3.05) is 17.4 Å². The van der Waals surface area contributed by atoms with Gasteiger partial charge in [0.2, 0.25) is 0 Å². The van der Waals surface area contributed by atoms with E-state index in [0.29, 0.717) is 40.1 Å². The van der Waals surface area contributed by atoms with Crippen LogP contribution in [0.4, 0.5) is 5.69 Å². The number of sulfonamides is 1. The lowest BCUT2D eigenvalue weighted by atomic mass is 10.3. The molecule has 0 heterocycles. The first kappa shape index (κ1) is 19.3. The summed E-state index contributed by atoms with van der Waals surface area (Å²) >= 11 is 18.1. The van der Waals surface area contributed by atoms with E-state index in [1.54, 1.807) is 18.2 Å². The molecule has 2 aromatic rings. The Morgan fingerprint density at radius 3 is 2.17 bits per heavy atom. The molecule has 0 saturated carbocycles. The molecule has 2 aromatic carbocycles. The second kappa shape index (κ2) is 8.41. The van der Waals surface area contributed by atoms with Crippen molar-refractivity contribution in [2.24, 2.45) is 5.73 Å². The van der Waals surface area contributed by atoms with Crippen molar-refractivity contribution in [2.45, 2.75) is 17.7 Å². The normalized spacial score (nSPS) is 11.5. The van der Waals surface area contributed by atoms with Crippen LogP contribution in [0.3, 0.4) is 0 Å². The lowest BCUT2D eigenvalue weighted by molar-refractivity contribution is 0.588. The maximum atomic E-state index is 13.1. The maximum Gasteiger partial charge on any atom is 0.264 e. The van der Waals surface area contributed by atoms with Crippen molar-refractivity contribution in [3.8, 4) is 0 Å². The van der Waals surface area contributed by atoms with Gasteiger partial charge in [-0.25, -0.2) is 8.42 Å². The number of rotatable bonds is 7. The van der Waals surface area contributed by atoms with Crippen molar-refractivity contribution in [3.05, 3.63) is 57.5 Å². The molecular formula is C16H17Cl3N2O2S. The van der Waals surface area contributed by atoms with Gasteiger partial charge in [-0.3, -0.25) is 4.31 Å². The summed E-state index contributed by atoms with van der Waals surface area (Å²) in [6, 6.07) is 10.7. The highest BCUT2D eigenvalue weighted by atomic mass is 35.5. The zero-order valence-corrected chi connectivity index (χ0v) is 15.8. The van der Waals surface area contributed by atoms with Crippen LogP contribution in [0.25, 0.3) is 0 Å². The van der Waals surface area contributed by atoms with Gasteiger partial charge in [0.05, 0.1) is 15.6 Å². The van der Waals surface area contributed by atoms with E-state index in [9.17, 15) is 8.42 Å². The van der Waals surface area contributed by atoms with Crippen molar-refractivity contribution in [1.29, 1.82) is 0 Å². The molecule has 0 aromatic heterocycles. The summed E-state index contributed by atoms with van der Waals surface area (Å²) in [5.74, 6) is 0. The van der Waals surface area contributed by atoms with Crippen molar-refractivity contribution < 1.29 is 8.42 Å². The van der Waals surface area contributed by atoms with Crippen LogP contribution in [-0.4, -0.2) is 21.5 Å². The van der Waals surface area contributed by atoms with Crippen molar-refractivity contribution >= 4 is 50.5 Å². The van der Waals surface area contributed by atoms with Gasteiger partial charge in [-0.2, -0.15) is 0 Å². The summed E-state index contributed by atoms with van der Waals surface area (Å²) in [6.07, 6.45) is 1.30. The number of nitrogens with two attached hydrogens (primary N) is 1. The van der Waals surface area contributed by atoms with Gasteiger partial charge in [0.1, 0.15) is 0 Å². The number of unbranched alkanes of at least 4 members (excludes halogenated alkanes) is 1. The summed E-state index contributed by atoms with van der Waals surface area (Å²) in [6.45, 7) is 0.736. The van der Waals surface area contributed by atoms with E-state index in [1.807, 2.05) is 0 Å². The Balaban J connectivity index is 2.48. The fraction of sp³-hybridized carbons (Fsp3) is 0.250. The lowest BCUT2D eigenvalue weighted by Crippen LogP contribution is -2.32. The van der Waals surface area contributed by atoms with Crippen LogP contribution in [0.2, 0.25) is 15.1 Å². The van der Waals surface area contributed by atoms with Crippen LogP contribution >= 0.6 is 34.8 Å². The van der Waals surface area contributed by atoms with Gasteiger partial charge in [0, 0.05) is 16.6 Å². The molecule has 2 rings (SSSR count). The predicted octanol–water partition coefficient (Wildman–Crippen LogP) is 4.58. The Labute approximate surface area is 157 Å². The Morgan fingerprint density at radius 2 is 1.54 bits per heavy atom. The molecule has 24 heavy (non-hydrogen) atoms. The molecule has 0 aliphatic rings. The SMILES string of the molecule is NCCCCN(c1cc(Cl)ccc1Cl)S(=O)(=O)c1ccc(Cl)cc1. The Kier molecular flexibility index (Phi) is 6.78. The zero-order chi connectivity index (χ0) is 17.7. The third-order valence-corrected chi connectivity index (χ3v) is 6.03. The quantitative estimate of drug-likeness (QED) is 0.683. The Morgan fingerprint density at radius 1 is 0.917 bits per heavy atom. The largest absolute Gasteiger partial charge is 0.330 e. The first-order chi connectivity index (χ1) is 11.4. The van der Waals surface area contributed by atoms with E-state index in [2.05, 4.69) is 0 Å². The predicted molar refractivity (Wildman–Crippen MR) is 101 cm³/mol. The monoisotopic (exact) mass is 406 g/mol.